The maximum Gasteiger partial charge on any atom is 0.203 e. The molecule has 0 atom stereocenters. The normalized spacial score (nSPS) is 15.1. The molecule has 1 aliphatic rings. The highest BCUT2D eigenvalue weighted by atomic mass is 32.1. The van der Waals surface area contributed by atoms with E-state index >= 15 is 0 Å². The Morgan fingerprint density at radius 2 is 1.56 bits per heavy atom. The van der Waals surface area contributed by atoms with Crippen LogP contribution in [0, 0.1) is 0 Å². The van der Waals surface area contributed by atoms with Crippen LogP contribution in [0.1, 0.15) is 37.8 Å². The Balaban J connectivity index is 1.58. The Hall–Kier alpha value is -2.57. The lowest BCUT2D eigenvalue weighted by molar-refractivity contribution is 0.238. The first-order chi connectivity index (χ1) is 15.7. The number of benzene rings is 2. The van der Waals surface area contributed by atoms with Crippen molar-refractivity contribution in [1.82, 2.24) is 9.88 Å². The summed E-state index contributed by atoms with van der Waals surface area (Å²) in [5, 5.41) is 3.26. The van der Waals surface area contributed by atoms with Gasteiger partial charge in [-0.15, -0.1) is 11.3 Å². The van der Waals surface area contributed by atoms with Gasteiger partial charge in [0.05, 0.1) is 27.0 Å². The van der Waals surface area contributed by atoms with E-state index in [0.29, 0.717) is 17.2 Å². The lowest BCUT2D eigenvalue weighted by atomic mass is 10.0. The molecule has 2 aromatic carbocycles. The number of thiazole rings is 1. The second-order valence-electron chi connectivity index (χ2n) is 8.15. The van der Waals surface area contributed by atoms with Gasteiger partial charge in [0.15, 0.2) is 11.5 Å². The first-order valence-electron chi connectivity index (χ1n) is 11.3. The molecule has 3 aromatic rings. The second-order valence-corrected chi connectivity index (χ2v) is 9.01. The minimum absolute atomic E-state index is 0.600. The van der Waals surface area contributed by atoms with E-state index in [1.54, 1.807) is 32.7 Å². The molecule has 6 heteroatoms. The summed E-state index contributed by atoms with van der Waals surface area (Å²) in [7, 11) is 4.91. The quantitative estimate of drug-likeness (QED) is 0.423. The molecule has 1 aromatic heterocycles. The van der Waals surface area contributed by atoms with Crippen LogP contribution in [0.4, 0.5) is 0 Å². The maximum absolute atomic E-state index is 5.69. The first kappa shape index (κ1) is 22.6. The van der Waals surface area contributed by atoms with E-state index < -0.39 is 0 Å². The zero-order valence-electron chi connectivity index (χ0n) is 19.2. The number of methoxy groups -OCH3 is 3. The minimum Gasteiger partial charge on any atom is -0.493 e. The highest BCUT2D eigenvalue weighted by molar-refractivity contribution is 7.13. The predicted octanol–water partition coefficient (Wildman–Crippen LogP) is 6.27. The van der Waals surface area contributed by atoms with Crippen LogP contribution in [-0.2, 0) is 6.54 Å². The molecule has 0 aliphatic carbocycles. The zero-order chi connectivity index (χ0) is 22.3. The van der Waals surface area contributed by atoms with Crippen molar-refractivity contribution in [3.05, 3.63) is 47.5 Å². The number of hydrogen-bond acceptors (Lipinski definition) is 6. The van der Waals surface area contributed by atoms with E-state index in [1.807, 2.05) is 12.1 Å². The van der Waals surface area contributed by atoms with Gasteiger partial charge in [0, 0.05) is 23.1 Å². The molecular formula is C26H32N2O3S. The number of likely N-dealkylation sites (tertiary alicyclic amines) is 1. The van der Waals surface area contributed by atoms with Crippen molar-refractivity contribution in [3.8, 4) is 38.9 Å². The topological polar surface area (TPSA) is 43.8 Å². The highest BCUT2D eigenvalue weighted by Crippen LogP contribution is 2.44. The Morgan fingerprint density at radius 1 is 0.844 bits per heavy atom. The van der Waals surface area contributed by atoms with Gasteiger partial charge >= 0.3 is 0 Å². The lowest BCUT2D eigenvalue weighted by Gasteiger charge is -2.23. The average molecular weight is 453 g/mol. The smallest absolute Gasteiger partial charge is 0.203 e. The summed E-state index contributed by atoms with van der Waals surface area (Å²) in [6, 6.07) is 12.4. The van der Waals surface area contributed by atoms with E-state index in [4.69, 9.17) is 19.2 Å². The molecule has 32 heavy (non-hydrogen) atoms. The number of aromatic nitrogens is 1. The molecule has 1 aliphatic heterocycles. The molecule has 0 unspecified atom stereocenters. The molecule has 2 heterocycles. The summed E-state index contributed by atoms with van der Waals surface area (Å²) >= 11 is 1.71. The number of ether oxygens (including phenoxy) is 3. The lowest BCUT2D eigenvalue weighted by Crippen LogP contribution is -2.26. The monoisotopic (exact) mass is 452 g/mol. The van der Waals surface area contributed by atoms with Gasteiger partial charge in [-0.3, -0.25) is 4.90 Å². The Kier molecular flexibility index (Phi) is 7.66. The highest BCUT2D eigenvalue weighted by Gasteiger charge is 2.18. The van der Waals surface area contributed by atoms with Crippen LogP contribution in [0.25, 0.3) is 21.7 Å². The van der Waals surface area contributed by atoms with E-state index in [1.165, 1.54) is 50.9 Å². The third-order valence-corrected chi connectivity index (χ3v) is 6.95. The van der Waals surface area contributed by atoms with Crippen LogP contribution in [0.15, 0.2) is 41.8 Å². The maximum atomic E-state index is 5.69. The van der Waals surface area contributed by atoms with Crippen molar-refractivity contribution in [2.45, 2.75) is 38.6 Å². The fourth-order valence-electron chi connectivity index (χ4n) is 4.36. The summed E-state index contributed by atoms with van der Waals surface area (Å²) in [5.74, 6) is 1.92. The van der Waals surface area contributed by atoms with E-state index in [0.717, 1.165) is 28.2 Å². The van der Waals surface area contributed by atoms with Crippen molar-refractivity contribution in [1.29, 1.82) is 0 Å². The SMILES string of the molecule is COc1ccc(-c2cccc(-c3nc(CN4CCCCCCC4)cs3)c2)c(OC)c1OC. The van der Waals surface area contributed by atoms with Crippen LogP contribution >= 0.6 is 11.3 Å². The summed E-state index contributed by atoms with van der Waals surface area (Å²) in [6.45, 7) is 3.31. The third kappa shape index (κ3) is 5.08. The van der Waals surface area contributed by atoms with Crippen molar-refractivity contribution in [3.63, 3.8) is 0 Å². The Bertz CT molecular complexity index is 1030. The molecule has 170 valence electrons. The van der Waals surface area contributed by atoms with E-state index in [2.05, 4.69) is 34.5 Å². The van der Waals surface area contributed by atoms with Crippen molar-refractivity contribution in [2.75, 3.05) is 34.4 Å². The van der Waals surface area contributed by atoms with Gasteiger partial charge < -0.3 is 14.2 Å². The molecule has 0 saturated carbocycles. The standard InChI is InChI=1S/C26H32N2O3S/c1-29-23-13-12-22(24(30-2)25(23)31-3)19-10-9-11-20(16-19)26-27-21(18-32-26)17-28-14-7-5-4-6-8-15-28/h9-13,16,18H,4-8,14-15,17H2,1-3H3. The average Bonchev–Trinajstić information content (AvgIpc) is 3.28. The van der Waals surface area contributed by atoms with Gasteiger partial charge in [-0.1, -0.05) is 37.5 Å². The Morgan fingerprint density at radius 3 is 2.28 bits per heavy atom. The molecule has 1 fully saturated rings. The van der Waals surface area contributed by atoms with E-state index in [-0.39, 0.29) is 0 Å². The number of nitrogens with zero attached hydrogens (tertiary/aromatic N) is 2. The van der Waals surface area contributed by atoms with Gasteiger partial charge in [0.2, 0.25) is 5.75 Å². The van der Waals surface area contributed by atoms with Gasteiger partial charge in [-0.2, -0.15) is 0 Å². The van der Waals surface area contributed by atoms with Crippen molar-refractivity contribution < 1.29 is 14.2 Å². The summed E-state index contributed by atoms with van der Waals surface area (Å²) < 4.78 is 16.7. The number of hydrogen-bond donors (Lipinski definition) is 0. The molecule has 0 radical (unpaired) electrons. The van der Waals surface area contributed by atoms with Crippen LogP contribution in [0.3, 0.4) is 0 Å². The molecule has 0 bridgehead atoms. The molecule has 0 spiro atoms. The Labute approximate surface area is 195 Å². The molecule has 5 nitrogen and oxygen atoms in total. The van der Waals surface area contributed by atoms with Crippen LogP contribution in [-0.4, -0.2) is 44.3 Å². The third-order valence-electron chi connectivity index (χ3n) is 6.01. The van der Waals surface area contributed by atoms with Crippen LogP contribution in [0.5, 0.6) is 17.2 Å². The molecule has 0 N–H and O–H groups in total. The first-order valence-corrected chi connectivity index (χ1v) is 12.2. The largest absolute Gasteiger partial charge is 0.493 e. The van der Waals surface area contributed by atoms with Crippen LogP contribution < -0.4 is 14.2 Å². The predicted molar refractivity (Wildman–Crippen MR) is 131 cm³/mol. The molecular weight excluding hydrogens is 420 g/mol. The molecule has 0 amide bonds. The van der Waals surface area contributed by atoms with Crippen molar-refractivity contribution in [2.24, 2.45) is 0 Å². The fourth-order valence-corrected chi connectivity index (χ4v) is 5.17. The number of rotatable bonds is 7. The molecule has 1 saturated heterocycles. The second kappa shape index (κ2) is 10.8. The van der Waals surface area contributed by atoms with E-state index in [9.17, 15) is 0 Å². The zero-order valence-corrected chi connectivity index (χ0v) is 20.0. The van der Waals surface area contributed by atoms with Gasteiger partial charge in [0.1, 0.15) is 5.01 Å². The summed E-state index contributed by atoms with van der Waals surface area (Å²) in [5.41, 5.74) is 4.30. The van der Waals surface area contributed by atoms with Gasteiger partial charge in [-0.25, -0.2) is 4.98 Å². The fraction of sp³-hybridized carbons (Fsp3) is 0.423. The summed E-state index contributed by atoms with van der Waals surface area (Å²) in [4.78, 5) is 7.53. The van der Waals surface area contributed by atoms with Gasteiger partial charge in [0.25, 0.3) is 0 Å². The summed E-state index contributed by atoms with van der Waals surface area (Å²) in [6.07, 6.45) is 6.69. The van der Waals surface area contributed by atoms with Crippen molar-refractivity contribution >= 4 is 11.3 Å². The minimum atomic E-state index is 0.600. The van der Waals surface area contributed by atoms with Crippen LogP contribution in [0.2, 0.25) is 0 Å². The van der Waals surface area contributed by atoms with Gasteiger partial charge in [-0.05, 0) is 49.7 Å². The molecule has 4 rings (SSSR count).